The Morgan fingerprint density at radius 1 is 1.27 bits per heavy atom. The number of nitrogens with zero attached hydrogens (tertiary/aromatic N) is 1. The number of carbonyl (C=O) groups excluding carboxylic acids is 2. The average Bonchev–Trinajstić information content (AvgIpc) is 2.53. The summed E-state index contributed by atoms with van der Waals surface area (Å²) in [5, 5.41) is 0.114. The van der Waals surface area contributed by atoms with E-state index in [0.717, 1.165) is 0 Å². The van der Waals surface area contributed by atoms with Crippen molar-refractivity contribution < 1.29 is 14.3 Å². The van der Waals surface area contributed by atoms with Crippen molar-refractivity contribution >= 4 is 23.3 Å². The zero-order chi connectivity index (χ0) is 16.3. The summed E-state index contributed by atoms with van der Waals surface area (Å²) in [5.74, 6) is -0.913. The third-order valence-corrected chi connectivity index (χ3v) is 3.70. The van der Waals surface area contributed by atoms with Crippen LogP contribution in [0.2, 0.25) is 5.15 Å². The first-order valence-corrected chi connectivity index (χ1v) is 6.96. The molecular formula is C16H15ClN2O3. The van der Waals surface area contributed by atoms with Crippen molar-refractivity contribution in [1.29, 1.82) is 0 Å². The van der Waals surface area contributed by atoms with Crippen molar-refractivity contribution in [3.63, 3.8) is 0 Å². The second kappa shape index (κ2) is 6.58. The van der Waals surface area contributed by atoms with Crippen molar-refractivity contribution in [2.75, 3.05) is 7.11 Å². The van der Waals surface area contributed by atoms with E-state index in [1.54, 1.807) is 37.3 Å². The lowest BCUT2D eigenvalue weighted by atomic mass is 9.95. The molecule has 0 radical (unpaired) electrons. The lowest BCUT2D eigenvalue weighted by Crippen LogP contribution is -2.19. The zero-order valence-electron chi connectivity index (χ0n) is 12.2. The number of benzene rings is 1. The van der Waals surface area contributed by atoms with E-state index in [2.05, 4.69) is 4.98 Å². The summed E-state index contributed by atoms with van der Waals surface area (Å²) in [5.41, 5.74) is 6.53. The second-order valence-electron chi connectivity index (χ2n) is 4.75. The second-order valence-corrected chi connectivity index (χ2v) is 5.11. The van der Waals surface area contributed by atoms with Gasteiger partial charge in [-0.3, -0.25) is 9.59 Å². The number of rotatable bonds is 5. The Labute approximate surface area is 133 Å². The smallest absolute Gasteiger partial charge is 0.224 e. The van der Waals surface area contributed by atoms with Gasteiger partial charge in [0.15, 0.2) is 5.78 Å². The first kappa shape index (κ1) is 16.0. The van der Waals surface area contributed by atoms with Crippen molar-refractivity contribution in [1.82, 2.24) is 4.98 Å². The molecule has 114 valence electrons. The molecule has 1 aromatic heterocycles. The molecule has 1 atom stereocenters. The van der Waals surface area contributed by atoms with Gasteiger partial charge in [0.25, 0.3) is 0 Å². The topological polar surface area (TPSA) is 82.3 Å². The standard InChI is InChI=1S/C16H15ClN2O3/c1-9(16(18)21)10-5-6-13(22-2)12(8-10)14(20)11-4-3-7-19-15(11)17/h3-9H,1-2H3,(H2,18,21). The molecule has 0 aliphatic carbocycles. The quantitative estimate of drug-likeness (QED) is 0.678. The Morgan fingerprint density at radius 2 is 2.00 bits per heavy atom. The molecule has 0 bridgehead atoms. The number of methoxy groups -OCH3 is 1. The number of primary amides is 1. The minimum Gasteiger partial charge on any atom is -0.496 e. The van der Waals surface area contributed by atoms with Gasteiger partial charge < -0.3 is 10.5 Å². The molecule has 1 unspecified atom stereocenters. The Morgan fingerprint density at radius 3 is 2.59 bits per heavy atom. The van der Waals surface area contributed by atoms with E-state index in [-0.39, 0.29) is 16.5 Å². The number of ether oxygens (including phenoxy) is 1. The van der Waals surface area contributed by atoms with Crippen LogP contribution in [0.3, 0.4) is 0 Å². The van der Waals surface area contributed by atoms with E-state index in [1.165, 1.54) is 13.3 Å². The van der Waals surface area contributed by atoms with Crippen LogP contribution < -0.4 is 10.5 Å². The number of halogens is 1. The predicted octanol–water partition coefficient (Wildman–Crippen LogP) is 2.56. The maximum absolute atomic E-state index is 12.7. The van der Waals surface area contributed by atoms with E-state index in [4.69, 9.17) is 22.1 Å². The summed E-state index contributed by atoms with van der Waals surface area (Å²) >= 11 is 5.97. The van der Waals surface area contributed by atoms with Crippen LogP contribution in [0.4, 0.5) is 0 Å². The fourth-order valence-electron chi connectivity index (χ4n) is 2.04. The molecule has 6 heteroatoms. The summed E-state index contributed by atoms with van der Waals surface area (Å²) in [7, 11) is 1.47. The number of nitrogens with two attached hydrogens (primary N) is 1. The summed E-state index contributed by atoms with van der Waals surface area (Å²) in [6.07, 6.45) is 1.50. The van der Waals surface area contributed by atoms with Crippen molar-refractivity contribution in [3.05, 3.63) is 58.4 Å². The zero-order valence-corrected chi connectivity index (χ0v) is 12.9. The van der Waals surface area contributed by atoms with Crippen molar-refractivity contribution in [2.45, 2.75) is 12.8 Å². The average molecular weight is 319 g/mol. The highest BCUT2D eigenvalue weighted by Crippen LogP contribution is 2.28. The summed E-state index contributed by atoms with van der Waals surface area (Å²) in [6.45, 7) is 1.68. The highest BCUT2D eigenvalue weighted by atomic mass is 35.5. The van der Waals surface area contributed by atoms with Crippen molar-refractivity contribution in [3.8, 4) is 5.75 Å². The lowest BCUT2D eigenvalue weighted by molar-refractivity contribution is -0.119. The molecule has 5 nitrogen and oxygen atoms in total. The molecular weight excluding hydrogens is 304 g/mol. The maximum Gasteiger partial charge on any atom is 0.224 e. The van der Waals surface area contributed by atoms with Gasteiger partial charge in [-0.2, -0.15) is 0 Å². The lowest BCUT2D eigenvalue weighted by Gasteiger charge is -2.13. The van der Waals surface area contributed by atoms with Crippen LogP contribution in [0.15, 0.2) is 36.5 Å². The van der Waals surface area contributed by atoms with Gasteiger partial charge in [0.05, 0.1) is 24.2 Å². The Balaban J connectivity index is 2.53. The van der Waals surface area contributed by atoms with E-state index in [1.807, 2.05) is 0 Å². The first-order valence-electron chi connectivity index (χ1n) is 6.58. The van der Waals surface area contributed by atoms with Gasteiger partial charge >= 0.3 is 0 Å². The largest absolute Gasteiger partial charge is 0.496 e. The summed E-state index contributed by atoms with van der Waals surface area (Å²) < 4.78 is 5.22. The molecule has 0 aliphatic rings. The monoisotopic (exact) mass is 318 g/mol. The number of aromatic nitrogens is 1. The highest BCUT2D eigenvalue weighted by Gasteiger charge is 2.20. The summed E-state index contributed by atoms with van der Waals surface area (Å²) in [6, 6.07) is 8.14. The number of hydrogen-bond donors (Lipinski definition) is 1. The molecule has 0 saturated heterocycles. The van der Waals surface area contributed by atoms with E-state index < -0.39 is 11.8 Å². The van der Waals surface area contributed by atoms with Crippen LogP contribution in [0.5, 0.6) is 5.75 Å². The minimum atomic E-state index is -0.512. The van der Waals surface area contributed by atoms with Crippen LogP contribution >= 0.6 is 11.6 Å². The van der Waals surface area contributed by atoms with E-state index in [0.29, 0.717) is 16.9 Å². The Hall–Kier alpha value is -2.40. The van der Waals surface area contributed by atoms with Crippen LogP contribution in [0.1, 0.15) is 34.3 Å². The van der Waals surface area contributed by atoms with Gasteiger partial charge in [0.1, 0.15) is 10.9 Å². The van der Waals surface area contributed by atoms with E-state index >= 15 is 0 Å². The third-order valence-electron chi connectivity index (χ3n) is 3.40. The molecule has 1 aromatic carbocycles. The van der Waals surface area contributed by atoms with Crippen LogP contribution in [-0.4, -0.2) is 23.8 Å². The minimum absolute atomic E-state index is 0.114. The van der Waals surface area contributed by atoms with Crippen LogP contribution in [-0.2, 0) is 4.79 Å². The number of hydrogen-bond acceptors (Lipinski definition) is 4. The van der Waals surface area contributed by atoms with Crippen LogP contribution in [0.25, 0.3) is 0 Å². The first-order chi connectivity index (χ1) is 10.5. The molecule has 0 fully saturated rings. The molecule has 0 aliphatic heterocycles. The Bertz CT molecular complexity index is 731. The number of carbonyl (C=O) groups is 2. The highest BCUT2D eigenvalue weighted by molar-refractivity contribution is 6.34. The maximum atomic E-state index is 12.7. The number of amides is 1. The third kappa shape index (κ3) is 3.09. The molecule has 1 heterocycles. The molecule has 0 spiro atoms. The molecule has 2 rings (SSSR count). The van der Waals surface area contributed by atoms with Gasteiger partial charge in [-0.1, -0.05) is 17.7 Å². The molecule has 22 heavy (non-hydrogen) atoms. The van der Waals surface area contributed by atoms with E-state index in [9.17, 15) is 9.59 Å². The number of ketones is 1. The fraction of sp³-hybridized carbons (Fsp3) is 0.188. The normalized spacial score (nSPS) is 11.8. The molecule has 2 N–H and O–H groups in total. The molecule has 2 aromatic rings. The van der Waals surface area contributed by atoms with Gasteiger partial charge in [-0.25, -0.2) is 4.98 Å². The van der Waals surface area contributed by atoms with Crippen molar-refractivity contribution in [2.24, 2.45) is 5.73 Å². The predicted molar refractivity (Wildman–Crippen MR) is 83.3 cm³/mol. The van der Waals surface area contributed by atoms with Gasteiger partial charge in [-0.15, -0.1) is 0 Å². The SMILES string of the molecule is COc1ccc(C(C)C(N)=O)cc1C(=O)c1cccnc1Cl. The van der Waals surface area contributed by atoms with Crippen LogP contribution in [0, 0.1) is 0 Å². The van der Waals surface area contributed by atoms with Gasteiger partial charge in [0.2, 0.25) is 5.91 Å². The fourth-order valence-corrected chi connectivity index (χ4v) is 2.24. The molecule has 0 saturated carbocycles. The van der Waals surface area contributed by atoms with Gasteiger partial charge in [-0.05, 0) is 36.8 Å². The Kier molecular flexibility index (Phi) is 4.78. The van der Waals surface area contributed by atoms with Gasteiger partial charge in [0, 0.05) is 6.20 Å². The summed E-state index contributed by atoms with van der Waals surface area (Å²) in [4.78, 5) is 27.9. The number of pyridine rings is 1. The molecule has 1 amide bonds.